The van der Waals surface area contributed by atoms with Crippen LogP contribution in [-0.4, -0.2) is 24.9 Å². The van der Waals surface area contributed by atoms with Crippen molar-refractivity contribution in [2.24, 2.45) is 0 Å². The van der Waals surface area contributed by atoms with Gasteiger partial charge in [0.05, 0.1) is 5.56 Å². The van der Waals surface area contributed by atoms with Gasteiger partial charge < -0.3 is 19.9 Å². The lowest BCUT2D eigenvalue weighted by molar-refractivity contribution is 0.165. The van der Waals surface area contributed by atoms with E-state index in [-0.39, 0.29) is 11.3 Å². The molecule has 1 saturated heterocycles. The van der Waals surface area contributed by atoms with E-state index in [2.05, 4.69) is 12.2 Å². The molecule has 0 bridgehead atoms. The Bertz CT molecular complexity index is 439. The summed E-state index contributed by atoms with van der Waals surface area (Å²) in [5, 5.41) is 13.6. The van der Waals surface area contributed by atoms with Crippen molar-refractivity contribution >= 4 is 0 Å². The number of nitrogens with one attached hydrogen (secondary N) is 1. The van der Waals surface area contributed by atoms with Crippen molar-refractivity contribution in [2.45, 2.75) is 25.3 Å². The van der Waals surface area contributed by atoms with Gasteiger partial charge in [-0.3, -0.25) is 0 Å². The molecule has 2 N–H and O–H groups in total. The van der Waals surface area contributed by atoms with E-state index in [1.807, 2.05) is 0 Å². The summed E-state index contributed by atoms with van der Waals surface area (Å²) in [6, 6.07) is 3.46. The topological polar surface area (TPSA) is 50.7 Å². The molecule has 2 heterocycles. The average molecular weight is 235 g/mol. The second kappa shape index (κ2) is 3.81. The lowest BCUT2D eigenvalue weighted by atomic mass is 9.88. The summed E-state index contributed by atoms with van der Waals surface area (Å²) >= 11 is 0. The zero-order valence-corrected chi connectivity index (χ0v) is 9.95. The molecule has 92 valence electrons. The number of fused-ring (bicyclic) bond motifs is 1. The van der Waals surface area contributed by atoms with E-state index in [1.54, 1.807) is 12.1 Å². The quantitative estimate of drug-likeness (QED) is 0.778. The normalized spacial score (nSPS) is 27.1. The van der Waals surface area contributed by atoms with Gasteiger partial charge in [-0.2, -0.15) is 0 Å². The number of phenolic OH excluding ortho intramolecular Hbond substituents is 1. The van der Waals surface area contributed by atoms with Crippen LogP contribution in [0.3, 0.4) is 0 Å². The molecule has 3 rings (SSSR count). The van der Waals surface area contributed by atoms with Crippen LogP contribution < -0.4 is 14.8 Å². The minimum absolute atomic E-state index is 0.212. The van der Waals surface area contributed by atoms with Crippen LogP contribution in [0.15, 0.2) is 12.1 Å². The minimum atomic E-state index is -0.212. The molecular formula is C13H17NO3. The summed E-state index contributed by atoms with van der Waals surface area (Å²) in [5.74, 6) is 1.72. The van der Waals surface area contributed by atoms with Crippen molar-refractivity contribution in [3.8, 4) is 17.2 Å². The van der Waals surface area contributed by atoms with Gasteiger partial charge in [0.2, 0.25) is 0 Å². The van der Waals surface area contributed by atoms with E-state index in [9.17, 15) is 5.11 Å². The van der Waals surface area contributed by atoms with Crippen LogP contribution in [0.1, 0.15) is 25.3 Å². The number of aromatic hydroxyl groups is 1. The summed E-state index contributed by atoms with van der Waals surface area (Å²) in [4.78, 5) is 0. The summed E-state index contributed by atoms with van der Waals surface area (Å²) in [6.07, 6.45) is 2.11. The Morgan fingerprint density at radius 1 is 1.29 bits per heavy atom. The molecule has 1 unspecified atom stereocenters. The molecule has 0 aromatic heterocycles. The van der Waals surface area contributed by atoms with Crippen LogP contribution in [0.25, 0.3) is 0 Å². The second-order valence-electron chi connectivity index (χ2n) is 4.85. The fourth-order valence-corrected chi connectivity index (χ4v) is 2.75. The molecule has 1 fully saturated rings. The first-order valence-corrected chi connectivity index (χ1v) is 6.08. The zero-order valence-electron chi connectivity index (χ0n) is 9.95. The first kappa shape index (κ1) is 10.7. The number of hydrogen-bond donors (Lipinski definition) is 2. The van der Waals surface area contributed by atoms with Gasteiger partial charge in [-0.15, -0.1) is 0 Å². The third-order valence-electron chi connectivity index (χ3n) is 3.61. The van der Waals surface area contributed by atoms with Gasteiger partial charge in [0.1, 0.15) is 19.0 Å². The van der Waals surface area contributed by atoms with Gasteiger partial charge >= 0.3 is 0 Å². The first-order chi connectivity index (χ1) is 8.21. The van der Waals surface area contributed by atoms with E-state index in [1.165, 1.54) is 0 Å². The lowest BCUT2D eigenvalue weighted by Crippen LogP contribution is -2.34. The molecule has 1 atom stereocenters. The Kier molecular flexibility index (Phi) is 2.40. The van der Waals surface area contributed by atoms with E-state index in [0.717, 1.165) is 30.7 Å². The highest BCUT2D eigenvalue weighted by atomic mass is 16.6. The van der Waals surface area contributed by atoms with Crippen molar-refractivity contribution in [3.05, 3.63) is 17.7 Å². The molecule has 4 nitrogen and oxygen atoms in total. The highest BCUT2D eigenvalue weighted by molar-refractivity contribution is 5.57. The van der Waals surface area contributed by atoms with Crippen LogP contribution in [0, 0.1) is 0 Å². The molecule has 1 aromatic rings. The molecule has 2 aliphatic heterocycles. The summed E-state index contributed by atoms with van der Waals surface area (Å²) < 4.78 is 11.2. The minimum Gasteiger partial charge on any atom is -0.507 e. The van der Waals surface area contributed by atoms with Gasteiger partial charge in [-0.25, -0.2) is 0 Å². The maximum atomic E-state index is 10.1. The molecule has 0 aliphatic carbocycles. The number of phenols is 1. The summed E-state index contributed by atoms with van der Waals surface area (Å²) in [5.41, 5.74) is 0.628. The van der Waals surface area contributed by atoms with Crippen LogP contribution in [0.2, 0.25) is 0 Å². The Hall–Kier alpha value is -1.42. The molecule has 0 spiro atoms. The zero-order chi connectivity index (χ0) is 11.9. The molecule has 4 heteroatoms. The van der Waals surface area contributed by atoms with Gasteiger partial charge in [0, 0.05) is 5.54 Å². The summed E-state index contributed by atoms with van der Waals surface area (Å²) in [7, 11) is 0. The highest BCUT2D eigenvalue weighted by Gasteiger charge is 2.37. The van der Waals surface area contributed by atoms with Gasteiger partial charge in [-0.1, -0.05) is 0 Å². The van der Waals surface area contributed by atoms with Crippen molar-refractivity contribution in [1.82, 2.24) is 5.32 Å². The smallest absolute Gasteiger partial charge is 0.170 e. The molecule has 17 heavy (non-hydrogen) atoms. The van der Waals surface area contributed by atoms with Gasteiger partial charge in [-0.05, 0) is 38.4 Å². The lowest BCUT2D eigenvalue weighted by Gasteiger charge is -2.30. The third-order valence-corrected chi connectivity index (χ3v) is 3.61. The van der Waals surface area contributed by atoms with Crippen molar-refractivity contribution in [2.75, 3.05) is 19.8 Å². The molecular weight excluding hydrogens is 218 g/mol. The Labute approximate surface area is 101 Å². The number of rotatable bonds is 1. The Morgan fingerprint density at radius 2 is 2.12 bits per heavy atom. The number of benzene rings is 1. The van der Waals surface area contributed by atoms with Gasteiger partial charge in [0.15, 0.2) is 11.5 Å². The van der Waals surface area contributed by atoms with Gasteiger partial charge in [0.25, 0.3) is 0 Å². The maximum Gasteiger partial charge on any atom is 0.170 e. The monoisotopic (exact) mass is 235 g/mol. The first-order valence-electron chi connectivity index (χ1n) is 6.08. The average Bonchev–Trinajstić information content (AvgIpc) is 2.76. The van der Waals surface area contributed by atoms with Crippen LogP contribution in [0.4, 0.5) is 0 Å². The largest absolute Gasteiger partial charge is 0.507 e. The van der Waals surface area contributed by atoms with Crippen LogP contribution in [-0.2, 0) is 5.54 Å². The number of hydrogen-bond acceptors (Lipinski definition) is 4. The number of ether oxygens (including phenoxy) is 2. The molecule has 2 aliphatic rings. The Balaban J connectivity index is 2.14. The molecule has 0 radical (unpaired) electrons. The second-order valence-corrected chi connectivity index (χ2v) is 4.85. The fraction of sp³-hybridized carbons (Fsp3) is 0.538. The van der Waals surface area contributed by atoms with E-state index in [4.69, 9.17) is 9.47 Å². The molecule has 0 saturated carbocycles. The fourth-order valence-electron chi connectivity index (χ4n) is 2.75. The molecule has 0 amide bonds. The van der Waals surface area contributed by atoms with Crippen molar-refractivity contribution in [3.63, 3.8) is 0 Å². The van der Waals surface area contributed by atoms with Crippen LogP contribution >= 0.6 is 0 Å². The van der Waals surface area contributed by atoms with Crippen LogP contribution in [0.5, 0.6) is 17.2 Å². The molecule has 1 aromatic carbocycles. The van der Waals surface area contributed by atoms with Crippen molar-refractivity contribution < 1.29 is 14.6 Å². The maximum absolute atomic E-state index is 10.1. The predicted molar refractivity (Wildman–Crippen MR) is 63.7 cm³/mol. The van der Waals surface area contributed by atoms with E-state index in [0.29, 0.717) is 19.0 Å². The summed E-state index contributed by atoms with van der Waals surface area (Å²) in [6.45, 7) is 4.19. The van der Waals surface area contributed by atoms with E-state index < -0.39 is 0 Å². The predicted octanol–water partition coefficient (Wildman–Crippen LogP) is 1.76. The SMILES string of the molecule is CC1(c2c(O)ccc3c2OCCO3)CCCN1. The highest BCUT2D eigenvalue weighted by Crippen LogP contribution is 2.47. The van der Waals surface area contributed by atoms with E-state index >= 15 is 0 Å². The van der Waals surface area contributed by atoms with Crippen molar-refractivity contribution in [1.29, 1.82) is 0 Å². The third kappa shape index (κ3) is 1.63. The Morgan fingerprint density at radius 3 is 2.88 bits per heavy atom. The standard InChI is InChI=1S/C13H17NO3/c1-13(5-2-6-14-13)11-9(15)3-4-10-12(11)17-8-7-16-10/h3-4,14-15H,2,5-8H2,1H3.